The van der Waals surface area contributed by atoms with E-state index in [1.807, 2.05) is 23.8 Å². The van der Waals surface area contributed by atoms with Crippen molar-refractivity contribution in [2.45, 2.75) is 25.0 Å². The molecule has 1 aliphatic heterocycles. The van der Waals surface area contributed by atoms with E-state index in [1.165, 1.54) is 11.8 Å². The molecule has 1 aromatic rings. The van der Waals surface area contributed by atoms with Gasteiger partial charge in [0.1, 0.15) is 6.26 Å². The lowest BCUT2D eigenvalue weighted by molar-refractivity contribution is -0.168. The summed E-state index contributed by atoms with van der Waals surface area (Å²) in [6, 6.07) is 4.05. The SMILES string of the molecule is CSC(=C(N)CCCC1(c2cccs2)OCCO1)[S+](C)[O-]. The van der Waals surface area contributed by atoms with Crippen molar-refractivity contribution in [2.24, 2.45) is 5.73 Å². The Kier molecular flexibility index (Phi) is 6.46. The van der Waals surface area contributed by atoms with Gasteiger partial charge in [0.05, 0.1) is 23.8 Å². The molecule has 4 nitrogen and oxygen atoms in total. The Morgan fingerprint density at radius 2 is 2.24 bits per heavy atom. The van der Waals surface area contributed by atoms with Crippen LogP contribution in [0.1, 0.15) is 24.1 Å². The maximum Gasteiger partial charge on any atom is 0.204 e. The molecule has 2 N–H and O–H groups in total. The number of nitrogens with two attached hydrogens (primary N) is 1. The van der Waals surface area contributed by atoms with Crippen LogP contribution in [0.15, 0.2) is 27.4 Å². The molecule has 1 unspecified atom stereocenters. The first-order chi connectivity index (χ1) is 10.1. The van der Waals surface area contributed by atoms with Crippen LogP contribution in [-0.2, 0) is 26.4 Å². The predicted octanol–water partition coefficient (Wildman–Crippen LogP) is 2.99. The van der Waals surface area contributed by atoms with Gasteiger partial charge in [0, 0.05) is 6.42 Å². The van der Waals surface area contributed by atoms with Crippen LogP contribution in [0, 0.1) is 0 Å². The van der Waals surface area contributed by atoms with Gasteiger partial charge in [-0.1, -0.05) is 17.8 Å². The van der Waals surface area contributed by atoms with Crippen LogP contribution in [0.3, 0.4) is 0 Å². The van der Waals surface area contributed by atoms with E-state index in [0.29, 0.717) is 25.3 Å². The van der Waals surface area contributed by atoms with E-state index in [1.54, 1.807) is 17.6 Å². The first-order valence-corrected chi connectivity index (χ1v) is 10.4. The van der Waals surface area contributed by atoms with Gasteiger partial charge in [-0.05, 0) is 41.7 Å². The summed E-state index contributed by atoms with van der Waals surface area (Å²) in [5.74, 6) is -0.612. The predicted molar refractivity (Wildman–Crippen MR) is 90.5 cm³/mol. The summed E-state index contributed by atoms with van der Waals surface area (Å²) in [6.07, 6.45) is 5.86. The number of hydrogen-bond donors (Lipinski definition) is 1. The van der Waals surface area contributed by atoms with E-state index < -0.39 is 17.0 Å². The zero-order valence-electron chi connectivity index (χ0n) is 12.3. The molecule has 118 valence electrons. The second kappa shape index (κ2) is 7.89. The van der Waals surface area contributed by atoms with Crippen LogP contribution < -0.4 is 5.73 Å². The van der Waals surface area contributed by atoms with Crippen LogP contribution in [0.25, 0.3) is 0 Å². The van der Waals surface area contributed by atoms with Gasteiger partial charge in [-0.15, -0.1) is 11.3 Å². The molecule has 1 saturated heterocycles. The molecule has 0 saturated carbocycles. The standard InChI is InChI=1S/C14H21NO3S3/c1-19-13(21(2)16)11(15)5-3-7-14(17-8-9-18-14)12-6-4-10-20-12/h4,6,10H,3,5,7-9,15H2,1-2H3. The van der Waals surface area contributed by atoms with Gasteiger partial charge in [-0.3, -0.25) is 0 Å². The van der Waals surface area contributed by atoms with E-state index in [0.717, 1.165) is 22.0 Å². The minimum Gasteiger partial charge on any atom is -0.611 e. The van der Waals surface area contributed by atoms with Gasteiger partial charge in [0.25, 0.3) is 0 Å². The Bertz CT molecular complexity index is 468. The number of ether oxygens (including phenoxy) is 2. The summed E-state index contributed by atoms with van der Waals surface area (Å²) in [7, 11) is 0. The van der Waals surface area contributed by atoms with E-state index in [4.69, 9.17) is 15.2 Å². The molecule has 2 heterocycles. The quantitative estimate of drug-likeness (QED) is 0.768. The normalized spacial score (nSPS) is 20.3. The summed E-state index contributed by atoms with van der Waals surface area (Å²) in [5.41, 5.74) is 6.77. The van der Waals surface area contributed by atoms with Gasteiger partial charge >= 0.3 is 0 Å². The zero-order chi connectivity index (χ0) is 15.3. The number of thioether (sulfide) groups is 1. The molecule has 1 aliphatic rings. The Morgan fingerprint density at radius 1 is 1.52 bits per heavy atom. The highest BCUT2D eigenvalue weighted by atomic mass is 32.3. The van der Waals surface area contributed by atoms with E-state index in [-0.39, 0.29) is 0 Å². The van der Waals surface area contributed by atoms with Crippen LogP contribution in [0.2, 0.25) is 0 Å². The second-order valence-corrected chi connectivity index (χ2v) is 8.09. The third-order valence-electron chi connectivity index (χ3n) is 3.31. The molecule has 1 atom stereocenters. The fraction of sp³-hybridized carbons (Fsp3) is 0.571. The van der Waals surface area contributed by atoms with Crippen LogP contribution in [0.5, 0.6) is 0 Å². The van der Waals surface area contributed by atoms with Gasteiger partial charge in [0.2, 0.25) is 10.0 Å². The van der Waals surface area contributed by atoms with Gasteiger partial charge < -0.3 is 19.8 Å². The lowest BCUT2D eigenvalue weighted by atomic mass is 10.1. The number of allylic oxidation sites excluding steroid dienone is 1. The van der Waals surface area contributed by atoms with Crippen molar-refractivity contribution in [1.82, 2.24) is 0 Å². The fourth-order valence-corrected chi connectivity index (χ4v) is 5.04. The third-order valence-corrected chi connectivity index (χ3v) is 6.93. The highest BCUT2D eigenvalue weighted by molar-refractivity contribution is 8.18. The molecule has 0 aromatic carbocycles. The minimum absolute atomic E-state index is 0.612. The first kappa shape index (κ1) is 17.2. The molecule has 7 heteroatoms. The largest absolute Gasteiger partial charge is 0.611 e. The maximum atomic E-state index is 11.6. The summed E-state index contributed by atoms with van der Waals surface area (Å²) < 4.78 is 24.1. The van der Waals surface area contributed by atoms with Crippen molar-refractivity contribution >= 4 is 34.3 Å². The van der Waals surface area contributed by atoms with Crippen molar-refractivity contribution in [3.63, 3.8) is 0 Å². The van der Waals surface area contributed by atoms with Gasteiger partial charge in [0.15, 0.2) is 0 Å². The van der Waals surface area contributed by atoms with E-state index in [9.17, 15) is 4.55 Å². The molecular weight excluding hydrogens is 326 g/mol. The topological polar surface area (TPSA) is 67.5 Å². The smallest absolute Gasteiger partial charge is 0.204 e. The van der Waals surface area contributed by atoms with Crippen molar-refractivity contribution in [1.29, 1.82) is 0 Å². The summed E-state index contributed by atoms with van der Waals surface area (Å²) in [6.45, 7) is 1.25. The second-order valence-electron chi connectivity index (χ2n) is 4.75. The molecule has 0 aliphatic carbocycles. The summed E-state index contributed by atoms with van der Waals surface area (Å²) in [4.78, 5) is 1.10. The van der Waals surface area contributed by atoms with Crippen molar-refractivity contribution < 1.29 is 14.0 Å². The maximum absolute atomic E-state index is 11.6. The zero-order valence-corrected chi connectivity index (χ0v) is 14.7. The van der Waals surface area contributed by atoms with Crippen molar-refractivity contribution in [3.05, 3.63) is 32.3 Å². The number of rotatable bonds is 7. The molecule has 2 rings (SSSR count). The van der Waals surface area contributed by atoms with Gasteiger partial charge in [-0.2, -0.15) is 0 Å². The molecule has 1 aromatic heterocycles. The average Bonchev–Trinajstić information content (AvgIpc) is 3.10. The summed E-state index contributed by atoms with van der Waals surface area (Å²) >= 11 is 2.09. The van der Waals surface area contributed by atoms with E-state index >= 15 is 0 Å². The molecule has 0 bridgehead atoms. The Labute approximate surface area is 137 Å². The van der Waals surface area contributed by atoms with Crippen LogP contribution in [-0.4, -0.2) is 30.3 Å². The third kappa shape index (κ3) is 4.18. The Hall–Kier alpha value is -0.180. The lowest BCUT2D eigenvalue weighted by Crippen LogP contribution is -2.26. The Balaban J connectivity index is 1.98. The molecule has 0 spiro atoms. The van der Waals surface area contributed by atoms with Crippen LogP contribution >= 0.6 is 23.1 Å². The highest BCUT2D eigenvalue weighted by Gasteiger charge is 2.39. The van der Waals surface area contributed by atoms with Crippen molar-refractivity contribution in [2.75, 3.05) is 25.7 Å². The average molecular weight is 348 g/mol. The summed E-state index contributed by atoms with van der Waals surface area (Å²) in [5, 5.41) is 2.03. The number of hydrogen-bond acceptors (Lipinski definition) is 6. The van der Waals surface area contributed by atoms with Crippen molar-refractivity contribution in [3.8, 4) is 0 Å². The lowest BCUT2D eigenvalue weighted by Gasteiger charge is -2.26. The fourth-order valence-electron chi connectivity index (χ4n) is 2.41. The first-order valence-electron chi connectivity index (χ1n) is 6.77. The molecule has 21 heavy (non-hydrogen) atoms. The monoisotopic (exact) mass is 347 g/mol. The number of thiophene rings is 1. The molecule has 0 amide bonds. The highest BCUT2D eigenvalue weighted by Crippen LogP contribution is 2.39. The molecular formula is C14H21NO3S3. The Morgan fingerprint density at radius 3 is 2.76 bits per heavy atom. The van der Waals surface area contributed by atoms with Crippen LogP contribution in [0.4, 0.5) is 0 Å². The minimum atomic E-state index is -1.02. The van der Waals surface area contributed by atoms with Gasteiger partial charge in [-0.25, -0.2) is 0 Å². The molecule has 1 fully saturated rings. The van der Waals surface area contributed by atoms with E-state index in [2.05, 4.69) is 0 Å². The molecule has 0 radical (unpaired) electrons.